The number of aromatic hydroxyl groups is 1. The van der Waals surface area contributed by atoms with Crippen LogP contribution in [0.4, 0.5) is 5.69 Å². The summed E-state index contributed by atoms with van der Waals surface area (Å²) >= 11 is 0. The van der Waals surface area contributed by atoms with Gasteiger partial charge in [0.2, 0.25) is 0 Å². The number of anilines is 1. The molecule has 0 saturated carbocycles. The van der Waals surface area contributed by atoms with Crippen LogP contribution in [0, 0.1) is 0 Å². The fourth-order valence-electron chi connectivity index (χ4n) is 2.19. The SMILES string of the molecule is CCOc1ccccc1NC(C)c1ccc(OC)cc1O. The van der Waals surface area contributed by atoms with E-state index in [1.807, 2.05) is 50.2 Å². The molecule has 0 bridgehead atoms. The van der Waals surface area contributed by atoms with E-state index in [0.29, 0.717) is 12.4 Å². The predicted molar refractivity (Wildman–Crippen MR) is 84.3 cm³/mol. The van der Waals surface area contributed by atoms with E-state index in [4.69, 9.17) is 9.47 Å². The van der Waals surface area contributed by atoms with E-state index >= 15 is 0 Å². The summed E-state index contributed by atoms with van der Waals surface area (Å²) in [4.78, 5) is 0. The van der Waals surface area contributed by atoms with E-state index in [0.717, 1.165) is 17.0 Å². The van der Waals surface area contributed by atoms with Gasteiger partial charge in [-0.05, 0) is 38.1 Å². The van der Waals surface area contributed by atoms with Gasteiger partial charge in [0, 0.05) is 11.6 Å². The van der Waals surface area contributed by atoms with Crippen LogP contribution in [0.25, 0.3) is 0 Å². The van der Waals surface area contributed by atoms with E-state index in [1.165, 1.54) is 0 Å². The first-order valence-corrected chi connectivity index (χ1v) is 7.01. The maximum Gasteiger partial charge on any atom is 0.142 e. The Bertz CT molecular complexity index is 598. The number of hydrogen-bond acceptors (Lipinski definition) is 4. The van der Waals surface area contributed by atoms with Crippen molar-refractivity contribution in [3.05, 3.63) is 48.0 Å². The highest BCUT2D eigenvalue weighted by Gasteiger charge is 2.13. The first kappa shape index (κ1) is 15.0. The lowest BCUT2D eigenvalue weighted by atomic mass is 10.1. The van der Waals surface area contributed by atoms with E-state index in [9.17, 15) is 5.11 Å². The third kappa shape index (κ3) is 3.60. The Morgan fingerprint density at radius 1 is 1.19 bits per heavy atom. The molecule has 112 valence electrons. The highest BCUT2D eigenvalue weighted by molar-refractivity contribution is 5.58. The Labute approximate surface area is 125 Å². The molecule has 1 unspecified atom stereocenters. The molecule has 0 aromatic heterocycles. The van der Waals surface area contributed by atoms with Crippen LogP contribution in [0.1, 0.15) is 25.5 Å². The van der Waals surface area contributed by atoms with Crippen LogP contribution in [-0.4, -0.2) is 18.8 Å². The summed E-state index contributed by atoms with van der Waals surface area (Å²) < 4.78 is 10.7. The summed E-state index contributed by atoms with van der Waals surface area (Å²) in [6, 6.07) is 13.0. The van der Waals surface area contributed by atoms with Crippen LogP contribution in [0.2, 0.25) is 0 Å². The van der Waals surface area contributed by atoms with Gasteiger partial charge in [0.05, 0.1) is 25.4 Å². The van der Waals surface area contributed by atoms with Crippen molar-refractivity contribution in [3.8, 4) is 17.2 Å². The summed E-state index contributed by atoms with van der Waals surface area (Å²) in [5.41, 5.74) is 1.71. The van der Waals surface area contributed by atoms with Gasteiger partial charge in [-0.2, -0.15) is 0 Å². The Kier molecular flexibility index (Phi) is 4.93. The van der Waals surface area contributed by atoms with Crippen LogP contribution in [0.5, 0.6) is 17.2 Å². The lowest BCUT2D eigenvalue weighted by Gasteiger charge is -2.19. The third-order valence-electron chi connectivity index (χ3n) is 3.26. The van der Waals surface area contributed by atoms with Crippen molar-refractivity contribution >= 4 is 5.69 Å². The monoisotopic (exact) mass is 287 g/mol. The summed E-state index contributed by atoms with van der Waals surface area (Å²) in [6.07, 6.45) is 0. The van der Waals surface area contributed by atoms with Crippen molar-refractivity contribution in [1.82, 2.24) is 0 Å². The Morgan fingerprint density at radius 3 is 2.62 bits per heavy atom. The Balaban J connectivity index is 2.20. The fourth-order valence-corrected chi connectivity index (χ4v) is 2.19. The van der Waals surface area contributed by atoms with Gasteiger partial charge in [0.25, 0.3) is 0 Å². The molecule has 0 fully saturated rings. The van der Waals surface area contributed by atoms with Gasteiger partial charge >= 0.3 is 0 Å². The standard InChI is InChI=1S/C17H21NO3/c1-4-21-17-8-6-5-7-15(17)18-12(2)14-10-9-13(20-3)11-16(14)19/h5-12,18-19H,4H2,1-3H3. The Morgan fingerprint density at radius 2 is 1.95 bits per heavy atom. The summed E-state index contributed by atoms with van der Waals surface area (Å²) in [5.74, 6) is 1.65. The highest BCUT2D eigenvalue weighted by Crippen LogP contribution is 2.33. The molecule has 0 aliphatic rings. The fraction of sp³-hybridized carbons (Fsp3) is 0.294. The average Bonchev–Trinajstić information content (AvgIpc) is 2.49. The largest absolute Gasteiger partial charge is 0.507 e. The lowest BCUT2D eigenvalue weighted by molar-refractivity contribution is 0.341. The van der Waals surface area contributed by atoms with E-state index < -0.39 is 0 Å². The first-order valence-electron chi connectivity index (χ1n) is 7.01. The van der Waals surface area contributed by atoms with Crippen molar-refractivity contribution in [2.45, 2.75) is 19.9 Å². The molecule has 0 aliphatic heterocycles. The van der Waals surface area contributed by atoms with Crippen LogP contribution in [0.3, 0.4) is 0 Å². The molecule has 21 heavy (non-hydrogen) atoms. The molecule has 2 aromatic carbocycles. The van der Waals surface area contributed by atoms with E-state index in [-0.39, 0.29) is 11.8 Å². The van der Waals surface area contributed by atoms with Gasteiger partial charge in [0.15, 0.2) is 0 Å². The van der Waals surface area contributed by atoms with Crippen molar-refractivity contribution in [1.29, 1.82) is 0 Å². The maximum absolute atomic E-state index is 10.1. The van der Waals surface area contributed by atoms with E-state index in [2.05, 4.69) is 5.32 Å². The van der Waals surface area contributed by atoms with E-state index in [1.54, 1.807) is 13.2 Å². The van der Waals surface area contributed by atoms with Gasteiger partial charge in [0.1, 0.15) is 17.2 Å². The number of ether oxygens (including phenoxy) is 2. The zero-order chi connectivity index (χ0) is 15.2. The van der Waals surface area contributed by atoms with Gasteiger partial charge in [-0.15, -0.1) is 0 Å². The van der Waals surface area contributed by atoms with Gasteiger partial charge in [-0.1, -0.05) is 12.1 Å². The molecule has 4 heteroatoms. The zero-order valence-electron chi connectivity index (χ0n) is 12.6. The van der Waals surface area contributed by atoms with Gasteiger partial charge in [-0.25, -0.2) is 0 Å². The molecule has 0 spiro atoms. The molecule has 0 aliphatic carbocycles. The minimum absolute atomic E-state index is 0.0579. The zero-order valence-corrected chi connectivity index (χ0v) is 12.6. The number of benzene rings is 2. The summed E-state index contributed by atoms with van der Waals surface area (Å²) in [7, 11) is 1.58. The number of para-hydroxylation sites is 2. The maximum atomic E-state index is 10.1. The molecule has 2 N–H and O–H groups in total. The second kappa shape index (κ2) is 6.88. The number of hydrogen-bond donors (Lipinski definition) is 2. The molecule has 1 atom stereocenters. The average molecular weight is 287 g/mol. The van der Waals surface area contributed by atoms with Crippen molar-refractivity contribution in [3.63, 3.8) is 0 Å². The second-order valence-corrected chi connectivity index (χ2v) is 4.72. The molecule has 0 saturated heterocycles. The molecule has 2 rings (SSSR count). The molecular formula is C17H21NO3. The number of phenols is 1. The molecule has 4 nitrogen and oxygen atoms in total. The number of methoxy groups -OCH3 is 1. The van der Waals surface area contributed by atoms with Crippen LogP contribution < -0.4 is 14.8 Å². The number of phenolic OH excluding ortho intramolecular Hbond substituents is 1. The van der Waals surface area contributed by atoms with Crippen molar-refractivity contribution < 1.29 is 14.6 Å². The number of nitrogens with one attached hydrogen (secondary N) is 1. The van der Waals surface area contributed by atoms with Crippen LogP contribution in [-0.2, 0) is 0 Å². The quantitative estimate of drug-likeness (QED) is 0.844. The molecular weight excluding hydrogens is 266 g/mol. The minimum Gasteiger partial charge on any atom is -0.507 e. The van der Waals surface area contributed by atoms with Crippen molar-refractivity contribution in [2.24, 2.45) is 0 Å². The Hall–Kier alpha value is -2.36. The third-order valence-corrected chi connectivity index (χ3v) is 3.26. The smallest absolute Gasteiger partial charge is 0.142 e. The topological polar surface area (TPSA) is 50.7 Å². The van der Waals surface area contributed by atoms with Crippen LogP contribution >= 0.6 is 0 Å². The minimum atomic E-state index is -0.0579. The normalized spacial score (nSPS) is 11.8. The highest BCUT2D eigenvalue weighted by atomic mass is 16.5. The van der Waals surface area contributed by atoms with Crippen LogP contribution in [0.15, 0.2) is 42.5 Å². The van der Waals surface area contributed by atoms with Gasteiger partial charge < -0.3 is 19.9 Å². The summed E-state index contributed by atoms with van der Waals surface area (Å²) in [5, 5.41) is 13.5. The predicted octanol–water partition coefficient (Wildman–Crippen LogP) is 3.97. The molecule has 0 heterocycles. The molecule has 2 aromatic rings. The molecule has 0 amide bonds. The molecule has 0 radical (unpaired) electrons. The summed E-state index contributed by atoms with van der Waals surface area (Å²) in [6.45, 7) is 4.56. The second-order valence-electron chi connectivity index (χ2n) is 4.72. The lowest BCUT2D eigenvalue weighted by Crippen LogP contribution is -2.08. The van der Waals surface area contributed by atoms with Crippen molar-refractivity contribution in [2.75, 3.05) is 19.0 Å². The first-order chi connectivity index (χ1) is 10.2. The number of rotatable bonds is 6. The van der Waals surface area contributed by atoms with Gasteiger partial charge in [-0.3, -0.25) is 0 Å².